The molecular formula is C18H25N5OS. The second-order valence-corrected chi connectivity index (χ2v) is 7.20. The van der Waals surface area contributed by atoms with Crippen LogP contribution in [-0.4, -0.2) is 45.3 Å². The van der Waals surface area contributed by atoms with Crippen molar-refractivity contribution in [2.24, 2.45) is 7.05 Å². The highest BCUT2D eigenvalue weighted by Gasteiger charge is 2.16. The summed E-state index contributed by atoms with van der Waals surface area (Å²) in [6.45, 7) is 2.33. The maximum atomic E-state index is 12.1. The lowest BCUT2D eigenvalue weighted by Crippen LogP contribution is -2.43. The van der Waals surface area contributed by atoms with Crippen molar-refractivity contribution in [1.82, 2.24) is 25.0 Å². The van der Waals surface area contributed by atoms with Crippen LogP contribution in [0.15, 0.2) is 35.5 Å². The summed E-state index contributed by atoms with van der Waals surface area (Å²) in [4.78, 5) is 14.0. The van der Waals surface area contributed by atoms with Gasteiger partial charge in [0.1, 0.15) is 5.82 Å². The number of amides is 2. The fourth-order valence-corrected chi connectivity index (χ4v) is 3.79. The Morgan fingerprint density at radius 1 is 1.16 bits per heavy atom. The number of urea groups is 1. The molecule has 1 aliphatic rings. The number of benzene rings is 1. The van der Waals surface area contributed by atoms with Crippen molar-refractivity contribution in [3.8, 4) is 0 Å². The summed E-state index contributed by atoms with van der Waals surface area (Å²) >= 11 is 1.68. The van der Waals surface area contributed by atoms with Crippen LogP contribution in [0.3, 0.4) is 0 Å². The molecule has 1 aromatic carbocycles. The van der Waals surface area contributed by atoms with Crippen LogP contribution in [0.2, 0.25) is 0 Å². The number of piperidine rings is 1. The number of likely N-dealkylation sites (tertiary alicyclic amines) is 1. The number of carbonyl (C=O) groups is 1. The van der Waals surface area contributed by atoms with Gasteiger partial charge in [0.2, 0.25) is 0 Å². The molecule has 134 valence electrons. The summed E-state index contributed by atoms with van der Waals surface area (Å²) in [7, 11) is 1.98. The van der Waals surface area contributed by atoms with E-state index in [1.54, 1.807) is 11.8 Å². The van der Waals surface area contributed by atoms with Gasteiger partial charge < -0.3 is 14.8 Å². The summed E-state index contributed by atoms with van der Waals surface area (Å²) in [6, 6.07) is 10.4. The van der Waals surface area contributed by atoms with E-state index in [0.717, 1.165) is 42.7 Å². The van der Waals surface area contributed by atoms with Crippen molar-refractivity contribution in [2.45, 2.75) is 36.6 Å². The van der Waals surface area contributed by atoms with Crippen molar-refractivity contribution < 1.29 is 4.79 Å². The molecule has 1 fully saturated rings. The van der Waals surface area contributed by atoms with Gasteiger partial charge in [-0.2, -0.15) is 0 Å². The van der Waals surface area contributed by atoms with Crippen LogP contribution >= 0.6 is 11.8 Å². The number of thioether (sulfide) groups is 1. The van der Waals surface area contributed by atoms with Gasteiger partial charge in [0.05, 0.1) is 0 Å². The standard InChI is InChI=1S/C18H25N5OS/c1-22-16(10-11-19-17(24)23-12-6-3-7-13-23)20-21-18(22)25-14-15-8-4-2-5-9-15/h2,4-5,8-9H,3,6-7,10-14H2,1H3,(H,19,24). The molecule has 3 rings (SSSR count). The molecule has 0 spiro atoms. The van der Waals surface area contributed by atoms with Crippen LogP contribution in [0, 0.1) is 0 Å². The van der Waals surface area contributed by atoms with Crippen LogP contribution < -0.4 is 5.32 Å². The Morgan fingerprint density at radius 3 is 2.68 bits per heavy atom. The lowest BCUT2D eigenvalue weighted by molar-refractivity contribution is 0.186. The number of nitrogens with zero attached hydrogens (tertiary/aromatic N) is 4. The molecule has 1 aliphatic heterocycles. The van der Waals surface area contributed by atoms with Gasteiger partial charge in [0, 0.05) is 38.9 Å². The van der Waals surface area contributed by atoms with Crippen molar-refractivity contribution in [1.29, 1.82) is 0 Å². The van der Waals surface area contributed by atoms with E-state index >= 15 is 0 Å². The minimum Gasteiger partial charge on any atom is -0.338 e. The first-order chi connectivity index (χ1) is 12.2. The zero-order valence-electron chi connectivity index (χ0n) is 14.6. The highest BCUT2D eigenvalue weighted by molar-refractivity contribution is 7.98. The van der Waals surface area contributed by atoms with Gasteiger partial charge in [-0.05, 0) is 24.8 Å². The summed E-state index contributed by atoms with van der Waals surface area (Å²) in [5, 5.41) is 12.4. The third-order valence-electron chi connectivity index (χ3n) is 4.40. The Kier molecular flexibility index (Phi) is 6.33. The van der Waals surface area contributed by atoms with Crippen molar-refractivity contribution in [3.63, 3.8) is 0 Å². The molecule has 2 heterocycles. The maximum absolute atomic E-state index is 12.1. The topological polar surface area (TPSA) is 63.1 Å². The minimum atomic E-state index is 0.0422. The summed E-state index contributed by atoms with van der Waals surface area (Å²) in [5.41, 5.74) is 1.27. The van der Waals surface area contributed by atoms with Gasteiger partial charge in [-0.1, -0.05) is 42.1 Å². The molecular weight excluding hydrogens is 334 g/mol. The second-order valence-electron chi connectivity index (χ2n) is 6.26. The molecule has 0 unspecified atom stereocenters. The van der Waals surface area contributed by atoms with Crippen molar-refractivity contribution >= 4 is 17.8 Å². The first-order valence-corrected chi connectivity index (χ1v) is 9.80. The molecule has 0 radical (unpaired) electrons. The molecule has 1 N–H and O–H groups in total. The SMILES string of the molecule is Cn1c(CCNC(=O)N2CCCCC2)nnc1SCc1ccccc1. The molecule has 6 nitrogen and oxygen atoms in total. The van der Waals surface area contributed by atoms with E-state index in [-0.39, 0.29) is 6.03 Å². The molecule has 2 aromatic rings. The van der Waals surface area contributed by atoms with E-state index in [2.05, 4.69) is 27.6 Å². The zero-order chi connectivity index (χ0) is 17.5. The zero-order valence-corrected chi connectivity index (χ0v) is 15.5. The predicted molar refractivity (Wildman–Crippen MR) is 99.5 cm³/mol. The fourth-order valence-electron chi connectivity index (χ4n) is 2.90. The van der Waals surface area contributed by atoms with E-state index in [0.29, 0.717) is 13.0 Å². The highest BCUT2D eigenvalue weighted by Crippen LogP contribution is 2.20. The number of rotatable bonds is 6. The Bertz CT molecular complexity index is 682. The maximum Gasteiger partial charge on any atom is 0.317 e. The molecule has 0 saturated carbocycles. The number of hydrogen-bond acceptors (Lipinski definition) is 4. The molecule has 0 bridgehead atoms. The third kappa shape index (κ3) is 4.98. The van der Waals surface area contributed by atoms with E-state index in [4.69, 9.17) is 0 Å². The van der Waals surface area contributed by atoms with Gasteiger partial charge in [0.25, 0.3) is 0 Å². The Labute approximate surface area is 153 Å². The van der Waals surface area contributed by atoms with Gasteiger partial charge in [0.15, 0.2) is 5.16 Å². The monoisotopic (exact) mass is 359 g/mol. The van der Waals surface area contributed by atoms with Gasteiger partial charge >= 0.3 is 6.03 Å². The third-order valence-corrected chi connectivity index (χ3v) is 5.50. The molecule has 2 amide bonds. The number of hydrogen-bond donors (Lipinski definition) is 1. The first kappa shape index (κ1) is 17.8. The lowest BCUT2D eigenvalue weighted by atomic mass is 10.1. The summed E-state index contributed by atoms with van der Waals surface area (Å²) in [5.74, 6) is 1.77. The lowest BCUT2D eigenvalue weighted by Gasteiger charge is -2.26. The Morgan fingerprint density at radius 2 is 1.92 bits per heavy atom. The Balaban J connectivity index is 1.45. The molecule has 1 saturated heterocycles. The predicted octanol–water partition coefficient (Wildman–Crippen LogP) is 2.85. The van der Waals surface area contributed by atoms with E-state index in [1.165, 1.54) is 12.0 Å². The van der Waals surface area contributed by atoms with Crippen LogP contribution in [0.25, 0.3) is 0 Å². The second kappa shape index (κ2) is 8.89. The largest absolute Gasteiger partial charge is 0.338 e. The first-order valence-electron chi connectivity index (χ1n) is 8.82. The Hall–Kier alpha value is -2.02. The summed E-state index contributed by atoms with van der Waals surface area (Å²) < 4.78 is 2.01. The quantitative estimate of drug-likeness (QED) is 0.806. The smallest absolute Gasteiger partial charge is 0.317 e. The van der Waals surface area contributed by atoms with E-state index in [9.17, 15) is 4.79 Å². The molecule has 7 heteroatoms. The highest BCUT2D eigenvalue weighted by atomic mass is 32.2. The molecule has 25 heavy (non-hydrogen) atoms. The van der Waals surface area contributed by atoms with E-state index < -0.39 is 0 Å². The van der Waals surface area contributed by atoms with Crippen LogP contribution in [-0.2, 0) is 19.2 Å². The molecule has 0 atom stereocenters. The number of carbonyl (C=O) groups excluding carboxylic acids is 1. The fraction of sp³-hybridized carbons (Fsp3) is 0.500. The van der Waals surface area contributed by atoms with Crippen molar-refractivity contribution in [2.75, 3.05) is 19.6 Å². The summed E-state index contributed by atoms with van der Waals surface area (Å²) in [6.07, 6.45) is 4.14. The van der Waals surface area contributed by atoms with Gasteiger partial charge in [-0.3, -0.25) is 0 Å². The van der Waals surface area contributed by atoms with Gasteiger partial charge in [-0.15, -0.1) is 10.2 Å². The van der Waals surface area contributed by atoms with Crippen LogP contribution in [0.5, 0.6) is 0 Å². The average molecular weight is 359 g/mol. The van der Waals surface area contributed by atoms with E-state index in [1.807, 2.05) is 34.7 Å². The molecule has 0 aliphatic carbocycles. The van der Waals surface area contributed by atoms with Gasteiger partial charge in [-0.25, -0.2) is 4.79 Å². The number of nitrogens with one attached hydrogen (secondary N) is 1. The van der Waals surface area contributed by atoms with Crippen LogP contribution in [0.1, 0.15) is 30.7 Å². The average Bonchev–Trinajstić information content (AvgIpc) is 3.01. The van der Waals surface area contributed by atoms with Crippen LogP contribution in [0.4, 0.5) is 4.79 Å². The normalized spacial score (nSPS) is 14.5. The minimum absolute atomic E-state index is 0.0422. The van der Waals surface area contributed by atoms with Crippen molar-refractivity contribution in [3.05, 3.63) is 41.7 Å². The number of aromatic nitrogens is 3. The molecule has 1 aromatic heterocycles.